The minimum atomic E-state index is 0.204. The van der Waals surface area contributed by atoms with E-state index in [4.69, 9.17) is 5.73 Å². The predicted octanol–water partition coefficient (Wildman–Crippen LogP) is 1.52. The SMILES string of the molecule is N[C@@H]1CCC[C@H]1CC(=O)NCC1CCCS1. The first kappa shape index (κ1) is 12.2. The van der Waals surface area contributed by atoms with Crippen LogP contribution in [-0.2, 0) is 4.79 Å². The van der Waals surface area contributed by atoms with E-state index in [1.807, 2.05) is 11.8 Å². The molecule has 1 saturated heterocycles. The van der Waals surface area contributed by atoms with Gasteiger partial charge in [-0.25, -0.2) is 0 Å². The van der Waals surface area contributed by atoms with Gasteiger partial charge in [-0.3, -0.25) is 4.79 Å². The first-order valence-electron chi connectivity index (χ1n) is 6.39. The highest BCUT2D eigenvalue weighted by atomic mass is 32.2. The Morgan fingerprint density at radius 3 is 2.81 bits per heavy atom. The molecule has 0 bridgehead atoms. The lowest BCUT2D eigenvalue weighted by molar-refractivity contribution is -0.122. The molecule has 1 saturated carbocycles. The van der Waals surface area contributed by atoms with Crippen molar-refractivity contribution in [1.29, 1.82) is 0 Å². The molecule has 0 aromatic rings. The van der Waals surface area contributed by atoms with Gasteiger partial charge in [-0.1, -0.05) is 6.42 Å². The van der Waals surface area contributed by atoms with Crippen molar-refractivity contribution >= 4 is 17.7 Å². The van der Waals surface area contributed by atoms with E-state index in [1.165, 1.54) is 25.0 Å². The van der Waals surface area contributed by atoms with E-state index < -0.39 is 0 Å². The zero-order valence-corrected chi connectivity index (χ0v) is 10.6. The minimum absolute atomic E-state index is 0.204. The summed E-state index contributed by atoms with van der Waals surface area (Å²) in [5.41, 5.74) is 5.96. The van der Waals surface area contributed by atoms with Gasteiger partial charge in [0, 0.05) is 24.3 Å². The summed E-state index contributed by atoms with van der Waals surface area (Å²) in [6, 6.07) is 0.256. The molecule has 92 valence electrons. The molecule has 1 aliphatic heterocycles. The smallest absolute Gasteiger partial charge is 0.220 e. The molecule has 0 spiro atoms. The average Bonchev–Trinajstić information content (AvgIpc) is 2.88. The summed E-state index contributed by atoms with van der Waals surface area (Å²) in [4.78, 5) is 11.7. The summed E-state index contributed by atoms with van der Waals surface area (Å²) >= 11 is 1.99. The summed E-state index contributed by atoms with van der Waals surface area (Å²) < 4.78 is 0. The number of nitrogens with two attached hydrogens (primary N) is 1. The lowest BCUT2D eigenvalue weighted by Gasteiger charge is -2.16. The number of carbonyl (C=O) groups excluding carboxylic acids is 1. The third-order valence-electron chi connectivity index (χ3n) is 3.72. The standard InChI is InChI=1S/C12H22N2OS/c13-11-5-1-3-9(11)7-12(15)14-8-10-4-2-6-16-10/h9-11H,1-8,13H2,(H,14,15)/t9-,10?,11+/m0/s1. The Morgan fingerprint density at radius 1 is 1.31 bits per heavy atom. The molecular weight excluding hydrogens is 220 g/mol. The molecule has 2 fully saturated rings. The average molecular weight is 242 g/mol. The van der Waals surface area contributed by atoms with Crippen LogP contribution < -0.4 is 11.1 Å². The van der Waals surface area contributed by atoms with Crippen LogP contribution >= 0.6 is 11.8 Å². The van der Waals surface area contributed by atoms with E-state index in [1.54, 1.807) is 0 Å². The zero-order valence-electron chi connectivity index (χ0n) is 9.78. The topological polar surface area (TPSA) is 55.1 Å². The van der Waals surface area contributed by atoms with Crippen molar-refractivity contribution < 1.29 is 4.79 Å². The van der Waals surface area contributed by atoms with Gasteiger partial charge in [0.1, 0.15) is 0 Å². The number of carbonyl (C=O) groups is 1. The number of hydrogen-bond acceptors (Lipinski definition) is 3. The van der Waals surface area contributed by atoms with Crippen LogP contribution in [0.3, 0.4) is 0 Å². The molecule has 3 atom stereocenters. The van der Waals surface area contributed by atoms with E-state index in [2.05, 4.69) is 5.32 Å². The monoisotopic (exact) mass is 242 g/mol. The fraction of sp³-hybridized carbons (Fsp3) is 0.917. The van der Waals surface area contributed by atoms with Crippen molar-refractivity contribution in [2.45, 2.75) is 49.8 Å². The fourth-order valence-electron chi connectivity index (χ4n) is 2.66. The highest BCUT2D eigenvalue weighted by Crippen LogP contribution is 2.27. The fourth-order valence-corrected chi connectivity index (χ4v) is 3.86. The quantitative estimate of drug-likeness (QED) is 0.786. The van der Waals surface area contributed by atoms with E-state index in [0.717, 1.165) is 19.4 Å². The Hall–Kier alpha value is -0.220. The van der Waals surface area contributed by atoms with Gasteiger partial charge in [0.25, 0.3) is 0 Å². The Labute approximate surface area is 102 Å². The second-order valence-electron chi connectivity index (χ2n) is 5.00. The van der Waals surface area contributed by atoms with Gasteiger partial charge in [-0.15, -0.1) is 0 Å². The van der Waals surface area contributed by atoms with Crippen molar-refractivity contribution in [1.82, 2.24) is 5.32 Å². The van der Waals surface area contributed by atoms with Gasteiger partial charge >= 0.3 is 0 Å². The van der Waals surface area contributed by atoms with Crippen LogP contribution in [0, 0.1) is 5.92 Å². The predicted molar refractivity (Wildman–Crippen MR) is 68.4 cm³/mol. The number of nitrogens with one attached hydrogen (secondary N) is 1. The van der Waals surface area contributed by atoms with Crippen molar-refractivity contribution in [3.05, 3.63) is 0 Å². The molecule has 1 heterocycles. The van der Waals surface area contributed by atoms with E-state index in [0.29, 0.717) is 17.6 Å². The van der Waals surface area contributed by atoms with Gasteiger partial charge in [-0.2, -0.15) is 11.8 Å². The molecule has 0 aromatic carbocycles. The van der Waals surface area contributed by atoms with Gasteiger partial charge in [0.05, 0.1) is 0 Å². The molecule has 0 aromatic heterocycles. The Bertz CT molecular complexity index is 241. The van der Waals surface area contributed by atoms with Crippen molar-refractivity contribution in [2.24, 2.45) is 11.7 Å². The first-order valence-corrected chi connectivity index (χ1v) is 7.44. The minimum Gasteiger partial charge on any atom is -0.355 e. The number of thioether (sulfide) groups is 1. The number of amides is 1. The zero-order chi connectivity index (χ0) is 11.4. The van der Waals surface area contributed by atoms with Gasteiger partial charge < -0.3 is 11.1 Å². The van der Waals surface area contributed by atoms with Crippen LogP contribution in [-0.4, -0.2) is 29.5 Å². The molecule has 16 heavy (non-hydrogen) atoms. The summed E-state index contributed by atoms with van der Waals surface area (Å²) in [6.07, 6.45) is 6.62. The van der Waals surface area contributed by atoms with Crippen molar-refractivity contribution in [2.75, 3.05) is 12.3 Å². The second kappa shape index (κ2) is 5.92. The molecule has 1 unspecified atom stereocenters. The van der Waals surface area contributed by atoms with E-state index in [-0.39, 0.29) is 11.9 Å². The van der Waals surface area contributed by atoms with Crippen LogP contribution in [0.1, 0.15) is 38.5 Å². The lowest BCUT2D eigenvalue weighted by atomic mass is 10.00. The Morgan fingerprint density at radius 2 is 2.19 bits per heavy atom. The second-order valence-corrected chi connectivity index (χ2v) is 6.41. The lowest BCUT2D eigenvalue weighted by Crippen LogP contribution is -2.34. The van der Waals surface area contributed by atoms with Crippen LogP contribution in [0.15, 0.2) is 0 Å². The Balaban J connectivity index is 1.63. The summed E-state index contributed by atoms with van der Waals surface area (Å²) in [5, 5.41) is 3.71. The maximum absolute atomic E-state index is 11.7. The molecule has 0 radical (unpaired) electrons. The van der Waals surface area contributed by atoms with E-state index >= 15 is 0 Å². The third-order valence-corrected chi connectivity index (χ3v) is 5.11. The van der Waals surface area contributed by atoms with Crippen LogP contribution in [0.2, 0.25) is 0 Å². The van der Waals surface area contributed by atoms with Crippen molar-refractivity contribution in [3.8, 4) is 0 Å². The molecule has 4 heteroatoms. The van der Waals surface area contributed by atoms with Gasteiger partial charge in [0.15, 0.2) is 0 Å². The molecular formula is C12H22N2OS. The van der Waals surface area contributed by atoms with Crippen LogP contribution in [0.4, 0.5) is 0 Å². The molecule has 2 rings (SSSR count). The number of rotatable bonds is 4. The third kappa shape index (κ3) is 3.39. The van der Waals surface area contributed by atoms with Gasteiger partial charge in [-0.05, 0) is 37.4 Å². The normalized spacial score (nSPS) is 34.2. The highest BCUT2D eigenvalue weighted by molar-refractivity contribution is 8.00. The summed E-state index contributed by atoms with van der Waals surface area (Å²) in [5.74, 6) is 1.89. The highest BCUT2D eigenvalue weighted by Gasteiger charge is 2.26. The molecule has 1 aliphatic carbocycles. The molecule has 1 amide bonds. The number of hydrogen-bond donors (Lipinski definition) is 2. The van der Waals surface area contributed by atoms with Crippen LogP contribution in [0.25, 0.3) is 0 Å². The molecule has 3 nitrogen and oxygen atoms in total. The van der Waals surface area contributed by atoms with Crippen molar-refractivity contribution in [3.63, 3.8) is 0 Å². The molecule has 3 N–H and O–H groups in total. The maximum Gasteiger partial charge on any atom is 0.220 e. The molecule has 2 aliphatic rings. The summed E-state index contributed by atoms with van der Waals surface area (Å²) in [6.45, 7) is 0.853. The summed E-state index contributed by atoms with van der Waals surface area (Å²) in [7, 11) is 0. The van der Waals surface area contributed by atoms with Gasteiger partial charge in [0.2, 0.25) is 5.91 Å². The maximum atomic E-state index is 11.7. The largest absolute Gasteiger partial charge is 0.355 e. The van der Waals surface area contributed by atoms with Crippen LogP contribution in [0.5, 0.6) is 0 Å². The Kier molecular flexibility index (Phi) is 4.53. The first-order chi connectivity index (χ1) is 7.75. The van der Waals surface area contributed by atoms with E-state index in [9.17, 15) is 4.79 Å².